The van der Waals surface area contributed by atoms with Gasteiger partial charge in [-0.05, 0) is 24.1 Å². The van der Waals surface area contributed by atoms with Gasteiger partial charge in [0, 0.05) is 5.56 Å². The highest BCUT2D eigenvalue weighted by molar-refractivity contribution is 5.40. The zero-order valence-electron chi connectivity index (χ0n) is 13.3. The summed E-state index contributed by atoms with van der Waals surface area (Å²) in [5.74, 6) is 0.370. The number of para-hydroxylation sites is 1. The molecule has 0 radical (unpaired) electrons. The molecule has 7 heteroatoms. The molecule has 0 heterocycles. The second-order valence-corrected chi connectivity index (χ2v) is 5.48. The van der Waals surface area contributed by atoms with Crippen LogP contribution in [0.15, 0.2) is 42.5 Å². The second-order valence-electron chi connectivity index (χ2n) is 5.48. The number of alkyl halides is 6. The van der Waals surface area contributed by atoms with Gasteiger partial charge in [-0.15, -0.1) is 0 Å². The molecule has 0 aliphatic heterocycles. The van der Waals surface area contributed by atoms with Crippen LogP contribution >= 0.6 is 0 Å². The van der Waals surface area contributed by atoms with Crippen molar-refractivity contribution in [3.05, 3.63) is 64.7 Å². The highest BCUT2D eigenvalue weighted by atomic mass is 19.4. The van der Waals surface area contributed by atoms with Crippen molar-refractivity contribution in [2.75, 3.05) is 0 Å². The number of benzene rings is 2. The van der Waals surface area contributed by atoms with E-state index in [9.17, 15) is 26.3 Å². The number of hydrogen-bond acceptors (Lipinski definition) is 1. The summed E-state index contributed by atoms with van der Waals surface area (Å²) in [5.41, 5.74) is -3.16. The number of hydrogen-bond donors (Lipinski definition) is 0. The van der Waals surface area contributed by atoms with E-state index in [2.05, 4.69) is 0 Å². The van der Waals surface area contributed by atoms with E-state index in [0.29, 0.717) is 18.2 Å². The van der Waals surface area contributed by atoms with E-state index in [-0.39, 0.29) is 0 Å². The molecule has 2 aromatic carbocycles. The average molecular weight is 362 g/mol. The van der Waals surface area contributed by atoms with Crippen LogP contribution in [0.25, 0.3) is 0 Å². The SMILES string of the molecule is CCCc1ccccc1OCc1cccc(C(F)(F)F)c1C(F)(F)F. The lowest BCUT2D eigenvalue weighted by molar-refractivity contribution is -0.162. The molecule has 0 saturated carbocycles. The van der Waals surface area contributed by atoms with Gasteiger partial charge in [-0.1, -0.05) is 43.7 Å². The van der Waals surface area contributed by atoms with Crippen molar-refractivity contribution in [1.29, 1.82) is 0 Å². The van der Waals surface area contributed by atoms with Gasteiger partial charge in [-0.2, -0.15) is 26.3 Å². The molecule has 0 amide bonds. The first-order chi connectivity index (χ1) is 11.6. The van der Waals surface area contributed by atoms with E-state index in [0.717, 1.165) is 24.1 Å². The Morgan fingerprint density at radius 1 is 0.800 bits per heavy atom. The van der Waals surface area contributed by atoms with Crippen LogP contribution in [-0.4, -0.2) is 0 Å². The fraction of sp³-hybridized carbons (Fsp3) is 0.333. The summed E-state index contributed by atoms with van der Waals surface area (Å²) in [6.07, 6.45) is -8.77. The third kappa shape index (κ3) is 4.67. The molecule has 0 unspecified atom stereocenters. The van der Waals surface area contributed by atoms with Gasteiger partial charge < -0.3 is 4.74 Å². The van der Waals surface area contributed by atoms with Gasteiger partial charge in [-0.25, -0.2) is 0 Å². The number of halogens is 6. The van der Waals surface area contributed by atoms with Crippen molar-refractivity contribution in [3.63, 3.8) is 0 Å². The van der Waals surface area contributed by atoms with Crippen LogP contribution in [0.3, 0.4) is 0 Å². The monoisotopic (exact) mass is 362 g/mol. The lowest BCUT2D eigenvalue weighted by Crippen LogP contribution is -2.19. The highest BCUT2D eigenvalue weighted by Crippen LogP contribution is 2.42. The molecular weight excluding hydrogens is 346 g/mol. The van der Waals surface area contributed by atoms with E-state index < -0.39 is 35.6 Å². The van der Waals surface area contributed by atoms with Gasteiger partial charge >= 0.3 is 12.4 Å². The zero-order chi connectivity index (χ0) is 18.7. The molecule has 0 atom stereocenters. The second kappa shape index (κ2) is 7.37. The molecule has 0 aromatic heterocycles. The van der Waals surface area contributed by atoms with Gasteiger partial charge in [0.15, 0.2) is 0 Å². The molecule has 0 saturated heterocycles. The van der Waals surface area contributed by atoms with E-state index in [1.54, 1.807) is 24.3 Å². The minimum atomic E-state index is -5.13. The molecule has 0 fully saturated rings. The summed E-state index contributed by atoms with van der Waals surface area (Å²) < 4.78 is 83.9. The molecule has 0 N–H and O–H groups in total. The maximum Gasteiger partial charge on any atom is 0.417 e. The van der Waals surface area contributed by atoms with Gasteiger partial charge in [0.2, 0.25) is 0 Å². The number of rotatable bonds is 5. The first kappa shape index (κ1) is 19.1. The Balaban J connectivity index is 2.38. The average Bonchev–Trinajstić information content (AvgIpc) is 2.52. The van der Waals surface area contributed by atoms with Crippen LogP contribution in [0, 0.1) is 0 Å². The zero-order valence-corrected chi connectivity index (χ0v) is 13.3. The van der Waals surface area contributed by atoms with Crippen molar-refractivity contribution in [2.24, 2.45) is 0 Å². The largest absolute Gasteiger partial charge is 0.489 e. The maximum atomic E-state index is 13.2. The van der Waals surface area contributed by atoms with Crippen molar-refractivity contribution >= 4 is 0 Å². The Labute approximate surface area is 141 Å². The molecular formula is C18H16F6O. The predicted molar refractivity (Wildman–Crippen MR) is 81.2 cm³/mol. The van der Waals surface area contributed by atoms with Gasteiger partial charge in [0.1, 0.15) is 12.4 Å². The van der Waals surface area contributed by atoms with Crippen LogP contribution in [0.2, 0.25) is 0 Å². The van der Waals surface area contributed by atoms with E-state index in [4.69, 9.17) is 4.74 Å². The fourth-order valence-electron chi connectivity index (χ4n) is 2.57. The molecule has 0 bridgehead atoms. The Morgan fingerprint density at radius 3 is 2.04 bits per heavy atom. The molecule has 136 valence electrons. The summed E-state index contributed by atoms with van der Waals surface area (Å²) in [5, 5.41) is 0. The lowest BCUT2D eigenvalue weighted by atomic mass is 10.0. The Hall–Kier alpha value is -2.18. The molecule has 25 heavy (non-hydrogen) atoms. The first-order valence-corrected chi connectivity index (χ1v) is 7.61. The third-order valence-electron chi connectivity index (χ3n) is 3.61. The van der Waals surface area contributed by atoms with Crippen LogP contribution in [0.5, 0.6) is 5.75 Å². The van der Waals surface area contributed by atoms with Crippen LogP contribution in [0.4, 0.5) is 26.3 Å². The van der Waals surface area contributed by atoms with Crippen molar-refractivity contribution in [1.82, 2.24) is 0 Å². The van der Waals surface area contributed by atoms with E-state index in [1.807, 2.05) is 6.92 Å². The van der Waals surface area contributed by atoms with Crippen molar-refractivity contribution in [3.8, 4) is 5.75 Å². The summed E-state index contributed by atoms with van der Waals surface area (Å²) in [6.45, 7) is 1.34. The minimum absolute atomic E-state index is 0.370. The molecule has 2 aromatic rings. The molecule has 0 aliphatic carbocycles. The molecule has 1 nitrogen and oxygen atoms in total. The molecule has 0 aliphatic rings. The summed E-state index contributed by atoms with van der Waals surface area (Å²) in [7, 11) is 0. The summed E-state index contributed by atoms with van der Waals surface area (Å²) in [4.78, 5) is 0. The number of aryl methyl sites for hydroxylation is 1. The van der Waals surface area contributed by atoms with Crippen LogP contribution < -0.4 is 4.74 Å². The Kier molecular flexibility index (Phi) is 5.65. The van der Waals surface area contributed by atoms with Crippen molar-refractivity contribution < 1.29 is 31.1 Å². The minimum Gasteiger partial charge on any atom is -0.489 e. The predicted octanol–water partition coefficient (Wildman–Crippen LogP) is 6.26. The normalized spacial score (nSPS) is 12.3. The fourth-order valence-corrected chi connectivity index (χ4v) is 2.57. The first-order valence-electron chi connectivity index (χ1n) is 7.61. The topological polar surface area (TPSA) is 9.23 Å². The van der Waals surface area contributed by atoms with Gasteiger partial charge in [-0.3, -0.25) is 0 Å². The standard InChI is InChI=1S/C18H16F6O/c1-2-6-12-7-3-4-10-15(12)25-11-13-8-5-9-14(17(19,20)21)16(13)18(22,23)24/h3-5,7-10H,2,6,11H2,1H3. The maximum absolute atomic E-state index is 13.2. The van der Waals surface area contributed by atoms with Gasteiger partial charge in [0.25, 0.3) is 0 Å². The van der Waals surface area contributed by atoms with Crippen molar-refractivity contribution in [2.45, 2.75) is 38.7 Å². The smallest absolute Gasteiger partial charge is 0.417 e. The Bertz CT molecular complexity index is 718. The summed E-state index contributed by atoms with van der Waals surface area (Å²) in [6, 6.07) is 9.17. The van der Waals surface area contributed by atoms with E-state index >= 15 is 0 Å². The number of ether oxygens (including phenoxy) is 1. The quantitative estimate of drug-likeness (QED) is 0.571. The third-order valence-corrected chi connectivity index (χ3v) is 3.61. The molecule has 0 spiro atoms. The van der Waals surface area contributed by atoms with Crippen LogP contribution in [-0.2, 0) is 25.4 Å². The highest BCUT2D eigenvalue weighted by Gasteiger charge is 2.44. The Morgan fingerprint density at radius 2 is 1.44 bits per heavy atom. The van der Waals surface area contributed by atoms with Crippen LogP contribution in [0.1, 0.15) is 35.6 Å². The lowest BCUT2D eigenvalue weighted by Gasteiger charge is -2.20. The van der Waals surface area contributed by atoms with Gasteiger partial charge in [0.05, 0.1) is 11.1 Å². The summed E-state index contributed by atoms with van der Waals surface area (Å²) >= 11 is 0. The van der Waals surface area contributed by atoms with E-state index in [1.165, 1.54) is 0 Å². The molecule has 2 rings (SSSR count).